The standard InChI is InChI=1S/C20H14N4O5S2/c25-15-7-6-12(24(28)29)8-14(15)21-16(26)10-31-20-22-18(27)17-13(9-30-19(17)23-20)11-4-2-1-3-5-11/h1-9,25H,10H2,(H,21,26)(H,22,23,27). The van der Waals surface area contributed by atoms with Crippen LogP contribution in [0.1, 0.15) is 0 Å². The van der Waals surface area contributed by atoms with Crippen molar-refractivity contribution in [1.82, 2.24) is 9.97 Å². The Morgan fingerprint density at radius 2 is 2.03 bits per heavy atom. The highest BCUT2D eigenvalue weighted by Gasteiger charge is 2.15. The summed E-state index contributed by atoms with van der Waals surface area (Å²) in [6.07, 6.45) is 0. The van der Waals surface area contributed by atoms with Crippen molar-refractivity contribution >= 4 is 50.6 Å². The highest BCUT2D eigenvalue weighted by Crippen LogP contribution is 2.31. The number of benzene rings is 2. The molecule has 0 spiro atoms. The first kappa shape index (κ1) is 20.6. The van der Waals surface area contributed by atoms with Gasteiger partial charge in [-0.2, -0.15) is 0 Å². The summed E-state index contributed by atoms with van der Waals surface area (Å²) in [5.41, 5.74) is 1.08. The molecule has 156 valence electrons. The Morgan fingerprint density at radius 1 is 1.26 bits per heavy atom. The third-order valence-corrected chi connectivity index (χ3v) is 6.06. The topological polar surface area (TPSA) is 138 Å². The summed E-state index contributed by atoms with van der Waals surface area (Å²) >= 11 is 2.35. The smallest absolute Gasteiger partial charge is 0.271 e. The summed E-state index contributed by atoms with van der Waals surface area (Å²) in [5.74, 6) is -0.920. The van der Waals surface area contributed by atoms with Crippen molar-refractivity contribution in [1.29, 1.82) is 0 Å². The van der Waals surface area contributed by atoms with Crippen molar-refractivity contribution in [2.75, 3.05) is 11.1 Å². The predicted molar refractivity (Wildman–Crippen MR) is 120 cm³/mol. The highest BCUT2D eigenvalue weighted by atomic mass is 32.2. The van der Waals surface area contributed by atoms with Gasteiger partial charge in [0, 0.05) is 23.1 Å². The second-order valence-corrected chi connectivity index (χ2v) is 8.18. The fraction of sp³-hybridized carbons (Fsp3) is 0.0500. The molecule has 2 aromatic carbocycles. The summed E-state index contributed by atoms with van der Waals surface area (Å²) in [7, 11) is 0. The van der Waals surface area contributed by atoms with E-state index in [2.05, 4.69) is 15.3 Å². The number of aromatic amines is 1. The number of hydrogen-bond donors (Lipinski definition) is 3. The van der Waals surface area contributed by atoms with Gasteiger partial charge in [0.2, 0.25) is 5.91 Å². The van der Waals surface area contributed by atoms with Gasteiger partial charge in [0.05, 0.1) is 21.7 Å². The molecule has 0 aliphatic heterocycles. The molecule has 2 aromatic heterocycles. The second-order valence-electron chi connectivity index (χ2n) is 6.36. The maximum atomic E-state index is 12.6. The van der Waals surface area contributed by atoms with Crippen molar-refractivity contribution in [3.05, 3.63) is 74.4 Å². The number of hydrogen-bond acceptors (Lipinski definition) is 8. The lowest BCUT2D eigenvalue weighted by molar-refractivity contribution is -0.384. The molecule has 0 saturated heterocycles. The number of nitro groups is 1. The van der Waals surface area contributed by atoms with Crippen molar-refractivity contribution in [2.24, 2.45) is 0 Å². The first-order valence-electron chi connectivity index (χ1n) is 8.89. The summed E-state index contributed by atoms with van der Waals surface area (Å²) in [4.78, 5) is 42.8. The van der Waals surface area contributed by atoms with Gasteiger partial charge in [-0.05, 0) is 11.6 Å². The largest absolute Gasteiger partial charge is 0.506 e. The van der Waals surface area contributed by atoms with E-state index < -0.39 is 10.8 Å². The number of amides is 1. The van der Waals surface area contributed by atoms with Crippen molar-refractivity contribution in [3.8, 4) is 16.9 Å². The number of thiophene rings is 1. The van der Waals surface area contributed by atoms with Gasteiger partial charge >= 0.3 is 0 Å². The van der Waals surface area contributed by atoms with Crippen LogP contribution in [0.4, 0.5) is 11.4 Å². The number of rotatable bonds is 6. The molecule has 9 nitrogen and oxygen atoms in total. The fourth-order valence-corrected chi connectivity index (χ4v) is 4.55. The van der Waals surface area contributed by atoms with Crippen LogP contribution in [-0.4, -0.2) is 31.7 Å². The monoisotopic (exact) mass is 454 g/mol. The Balaban J connectivity index is 1.50. The Labute approximate surface area is 182 Å². The number of aromatic nitrogens is 2. The van der Waals surface area contributed by atoms with Gasteiger partial charge in [-0.15, -0.1) is 11.3 Å². The minimum absolute atomic E-state index is 0.0672. The molecule has 0 saturated carbocycles. The van der Waals surface area contributed by atoms with Crippen LogP contribution in [0.15, 0.2) is 63.9 Å². The number of nitro benzene ring substituents is 1. The van der Waals surface area contributed by atoms with Gasteiger partial charge < -0.3 is 15.4 Å². The molecular weight excluding hydrogens is 440 g/mol. The number of phenolic OH excluding ortho intramolecular Hbond substituents is 1. The fourth-order valence-electron chi connectivity index (χ4n) is 2.89. The van der Waals surface area contributed by atoms with Crippen LogP contribution in [0, 0.1) is 10.1 Å². The molecule has 0 aliphatic carbocycles. The number of thioether (sulfide) groups is 1. The number of carbonyl (C=O) groups is 1. The number of carbonyl (C=O) groups excluding carboxylic acids is 1. The first-order valence-corrected chi connectivity index (χ1v) is 10.8. The molecule has 0 aliphatic rings. The van der Waals surface area contributed by atoms with E-state index in [0.29, 0.717) is 10.2 Å². The lowest BCUT2D eigenvalue weighted by Crippen LogP contribution is -2.15. The third kappa shape index (κ3) is 4.42. The van der Waals surface area contributed by atoms with Gasteiger partial charge in [-0.25, -0.2) is 4.98 Å². The van der Waals surface area contributed by atoms with E-state index in [1.165, 1.54) is 11.3 Å². The Kier molecular flexibility index (Phi) is 5.69. The van der Waals surface area contributed by atoms with Crippen molar-refractivity contribution < 1.29 is 14.8 Å². The van der Waals surface area contributed by atoms with Crippen LogP contribution in [0.25, 0.3) is 21.3 Å². The molecular formula is C20H14N4O5S2. The molecule has 11 heteroatoms. The molecule has 0 radical (unpaired) electrons. The van der Waals surface area contributed by atoms with Crippen LogP contribution in [0.3, 0.4) is 0 Å². The van der Waals surface area contributed by atoms with E-state index in [-0.39, 0.29) is 33.6 Å². The number of phenols is 1. The van der Waals surface area contributed by atoms with E-state index in [1.807, 2.05) is 35.7 Å². The lowest BCUT2D eigenvalue weighted by atomic mass is 10.1. The van der Waals surface area contributed by atoms with Gasteiger partial charge in [0.25, 0.3) is 11.2 Å². The molecule has 0 fully saturated rings. The van der Waals surface area contributed by atoms with Crippen molar-refractivity contribution in [3.63, 3.8) is 0 Å². The number of fused-ring (bicyclic) bond motifs is 1. The molecule has 0 atom stereocenters. The van der Waals surface area contributed by atoms with E-state index in [9.17, 15) is 24.8 Å². The van der Waals surface area contributed by atoms with E-state index >= 15 is 0 Å². The summed E-state index contributed by atoms with van der Waals surface area (Å²) in [6.45, 7) is 0. The molecule has 0 bridgehead atoms. The number of nitrogens with zero attached hydrogens (tertiary/aromatic N) is 2. The Bertz CT molecular complexity index is 1350. The number of anilines is 1. The normalized spacial score (nSPS) is 10.8. The van der Waals surface area contributed by atoms with Gasteiger partial charge in [0.15, 0.2) is 5.16 Å². The molecule has 31 heavy (non-hydrogen) atoms. The zero-order valence-corrected chi connectivity index (χ0v) is 17.3. The molecule has 4 rings (SSSR count). The van der Waals surface area contributed by atoms with Crippen LogP contribution in [0.5, 0.6) is 5.75 Å². The van der Waals surface area contributed by atoms with E-state index in [4.69, 9.17) is 0 Å². The third-order valence-electron chi connectivity index (χ3n) is 4.31. The summed E-state index contributed by atoms with van der Waals surface area (Å²) in [5, 5.41) is 25.7. The zero-order valence-electron chi connectivity index (χ0n) is 15.7. The van der Waals surface area contributed by atoms with Gasteiger partial charge in [0.1, 0.15) is 10.6 Å². The van der Waals surface area contributed by atoms with E-state index in [1.54, 1.807) is 0 Å². The quantitative estimate of drug-likeness (QED) is 0.132. The lowest BCUT2D eigenvalue weighted by Gasteiger charge is -2.07. The predicted octanol–water partition coefficient (Wildman–Crippen LogP) is 4.00. The number of non-ortho nitro benzene ring substituents is 1. The molecule has 4 aromatic rings. The van der Waals surface area contributed by atoms with Crippen LogP contribution in [0.2, 0.25) is 0 Å². The Hall–Kier alpha value is -3.70. The zero-order chi connectivity index (χ0) is 22.0. The van der Waals surface area contributed by atoms with Crippen molar-refractivity contribution in [2.45, 2.75) is 5.16 Å². The molecule has 2 heterocycles. The van der Waals surface area contributed by atoms with Crippen LogP contribution in [-0.2, 0) is 4.79 Å². The Morgan fingerprint density at radius 3 is 2.77 bits per heavy atom. The first-order chi connectivity index (χ1) is 14.9. The maximum Gasteiger partial charge on any atom is 0.271 e. The molecule has 1 amide bonds. The van der Waals surface area contributed by atoms with E-state index in [0.717, 1.165) is 41.1 Å². The van der Waals surface area contributed by atoms with Crippen LogP contribution >= 0.6 is 23.1 Å². The highest BCUT2D eigenvalue weighted by molar-refractivity contribution is 7.99. The number of nitrogens with one attached hydrogen (secondary N) is 2. The minimum atomic E-state index is -0.627. The second kappa shape index (κ2) is 8.58. The average molecular weight is 454 g/mol. The average Bonchev–Trinajstić information content (AvgIpc) is 3.19. The minimum Gasteiger partial charge on any atom is -0.506 e. The van der Waals surface area contributed by atoms with Gasteiger partial charge in [-0.3, -0.25) is 19.7 Å². The number of aromatic hydroxyl groups is 1. The van der Waals surface area contributed by atoms with Crippen LogP contribution < -0.4 is 10.9 Å². The number of H-pyrrole nitrogens is 1. The molecule has 3 N–H and O–H groups in total. The molecule has 0 unspecified atom stereocenters. The summed E-state index contributed by atoms with van der Waals surface area (Å²) in [6, 6.07) is 12.8. The SMILES string of the molecule is O=C(CSc1nc2scc(-c3ccccc3)c2c(=O)[nH]1)Nc1cc([N+](=O)[O-])ccc1O. The maximum absolute atomic E-state index is 12.6. The van der Waals surface area contributed by atoms with Gasteiger partial charge in [-0.1, -0.05) is 42.1 Å². The summed E-state index contributed by atoms with van der Waals surface area (Å²) < 4.78 is 0.